The first-order chi connectivity index (χ1) is 12.2. The van der Waals surface area contributed by atoms with Crippen LogP contribution >= 0.6 is 0 Å². The van der Waals surface area contributed by atoms with Crippen LogP contribution in [0.15, 0.2) is 66.7 Å². The van der Waals surface area contributed by atoms with Crippen LogP contribution in [0, 0.1) is 0 Å². The van der Waals surface area contributed by atoms with Gasteiger partial charge in [-0.1, -0.05) is 36.4 Å². The van der Waals surface area contributed by atoms with Gasteiger partial charge in [-0.15, -0.1) is 0 Å². The molecule has 3 rings (SSSR count). The van der Waals surface area contributed by atoms with Crippen molar-refractivity contribution in [1.29, 1.82) is 0 Å². The van der Waals surface area contributed by atoms with Gasteiger partial charge in [0, 0.05) is 5.56 Å². The summed E-state index contributed by atoms with van der Waals surface area (Å²) in [6.07, 6.45) is 0. The molecule has 126 valence electrons. The fraction of sp³-hybridized carbons (Fsp3) is 0.100. The molecule has 0 amide bonds. The number of benzene rings is 2. The molecule has 0 unspecified atom stereocenters. The van der Waals surface area contributed by atoms with E-state index in [0.29, 0.717) is 23.8 Å². The number of carbonyl (C=O) groups is 1. The molecule has 0 aliphatic rings. The minimum atomic E-state index is -1.06. The van der Waals surface area contributed by atoms with Crippen LogP contribution < -0.4 is 9.47 Å². The minimum absolute atomic E-state index is 0.000806. The van der Waals surface area contributed by atoms with Crippen molar-refractivity contribution >= 4 is 5.97 Å². The highest BCUT2D eigenvalue weighted by Crippen LogP contribution is 2.32. The van der Waals surface area contributed by atoms with Gasteiger partial charge >= 0.3 is 5.97 Å². The zero-order valence-corrected chi connectivity index (χ0v) is 13.7. The van der Waals surface area contributed by atoms with Crippen molar-refractivity contribution in [2.45, 2.75) is 6.61 Å². The number of methoxy groups -OCH3 is 1. The Hall–Kier alpha value is -3.34. The van der Waals surface area contributed by atoms with Crippen LogP contribution in [0.2, 0.25) is 0 Å². The summed E-state index contributed by atoms with van der Waals surface area (Å²) in [7, 11) is 1.57. The van der Waals surface area contributed by atoms with Gasteiger partial charge in [-0.3, -0.25) is 0 Å². The van der Waals surface area contributed by atoms with Gasteiger partial charge < -0.3 is 14.6 Å². The van der Waals surface area contributed by atoms with Gasteiger partial charge in [0.15, 0.2) is 11.5 Å². The minimum Gasteiger partial charge on any atom is -0.493 e. The second kappa shape index (κ2) is 7.49. The molecular formula is C20H17NO4. The van der Waals surface area contributed by atoms with Crippen molar-refractivity contribution in [2.75, 3.05) is 7.11 Å². The van der Waals surface area contributed by atoms with E-state index in [2.05, 4.69) is 4.98 Å². The molecule has 0 bridgehead atoms. The quantitative estimate of drug-likeness (QED) is 0.736. The van der Waals surface area contributed by atoms with Crippen LogP contribution in [-0.2, 0) is 6.61 Å². The SMILES string of the molecule is COc1cc(-c2cccc(C(=O)O)n2)ccc1OCc1ccccc1. The third kappa shape index (κ3) is 3.95. The molecule has 5 heteroatoms. The highest BCUT2D eigenvalue weighted by atomic mass is 16.5. The largest absolute Gasteiger partial charge is 0.493 e. The Labute approximate surface area is 145 Å². The molecule has 2 aromatic carbocycles. The second-order valence-corrected chi connectivity index (χ2v) is 5.35. The molecule has 3 aromatic rings. The molecule has 0 aliphatic heterocycles. The summed E-state index contributed by atoms with van der Waals surface area (Å²) in [5.41, 5.74) is 2.38. The number of aromatic nitrogens is 1. The van der Waals surface area contributed by atoms with Gasteiger partial charge in [0.2, 0.25) is 0 Å². The van der Waals surface area contributed by atoms with Gasteiger partial charge in [0.1, 0.15) is 12.3 Å². The maximum Gasteiger partial charge on any atom is 0.354 e. The molecule has 0 saturated heterocycles. The molecule has 0 saturated carbocycles. The number of rotatable bonds is 6. The lowest BCUT2D eigenvalue weighted by Crippen LogP contribution is -2.01. The Kier molecular flexibility index (Phi) is 4.95. The van der Waals surface area contributed by atoms with E-state index in [1.54, 1.807) is 31.4 Å². The smallest absolute Gasteiger partial charge is 0.354 e. The molecule has 1 heterocycles. The molecule has 1 N–H and O–H groups in total. The Morgan fingerprint density at radius 2 is 1.80 bits per heavy atom. The summed E-state index contributed by atoms with van der Waals surface area (Å²) >= 11 is 0. The van der Waals surface area contributed by atoms with Crippen LogP contribution in [0.3, 0.4) is 0 Å². The lowest BCUT2D eigenvalue weighted by molar-refractivity contribution is 0.0690. The number of hydrogen-bond donors (Lipinski definition) is 1. The Morgan fingerprint density at radius 3 is 2.52 bits per heavy atom. The van der Waals surface area contributed by atoms with Crippen molar-refractivity contribution in [1.82, 2.24) is 4.98 Å². The summed E-state index contributed by atoms with van der Waals surface area (Å²) in [5.74, 6) is 0.122. The molecular weight excluding hydrogens is 318 g/mol. The maximum atomic E-state index is 11.1. The van der Waals surface area contributed by atoms with Crippen LogP contribution in [0.5, 0.6) is 11.5 Å². The van der Waals surface area contributed by atoms with Crippen LogP contribution in [-0.4, -0.2) is 23.2 Å². The molecule has 5 nitrogen and oxygen atoms in total. The summed E-state index contributed by atoms with van der Waals surface area (Å²) in [6, 6.07) is 20.1. The van der Waals surface area contributed by atoms with Crippen molar-refractivity contribution in [3.63, 3.8) is 0 Å². The van der Waals surface area contributed by atoms with Crippen molar-refractivity contribution < 1.29 is 19.4 Å². The van der Waals surface area contributed by atoms with Gasteiger partial charge in [0.05, 0.1) is 12.8 Å². The second-order valence-electron chi connectivity index (χ2n) is 5.35. The van der Waals surface area contributed by atoms with E-state index in [1.807, 2.05) is 36.4 Å². The predicted molar refractivity (Wildman–Crippen MR) is 94.0 cm³/mol. The Bertz CT molecular complexity index is 878. The molecule has 1 aromatic heterocycles. The molecule has 0 aliphatic carbocycles. The first-order valence-electron chi connectivity index (χ1n) is 7.73. The summed E-state index contributed by atoms with van der Waals surface area (Å²) < 4.78 is 11.2. The summed E-state index contributed by atoms with van der Waals surface area (Å²) in [4.78, 5) is 15.2. The monoisotopic (exact) mass is 335 g/mol. The molecule has 0 radical (unpaired) electrons. The number of carboxylic acids is 1. The molecule has 0 fully saturated rings. The van der Waals surface area contributed by atoms with E-state index in [0.717, 1.165) is 11.1 Å². The topological polar surface area (TPSA) is 68.7 Å². The van der Waals surface area contributed by atoms with Crippen LogP contribution in [0.25, 0.3) is 11.3 Å². The van der Waals surface area contributed by atoms with E-state index in [9.17, 15) is 4.79 Å². The van der Waals surface area contributed by atoms with Crippen molar-refractivity contribution in [2.24, 2.45) is 0 Å². The molecule has 25 heavy (non-hydrogen) atoms. The Morgan fingerprint density at radius 1 is 1.00 bits per heavy atom. The molecule has 0 atom stereocenters. The number of pyridine rings is 1. The predicted octanol–water partition coefficient (Wildman–Crippen LogP) is 4.03. The highest BCUT2D eigenvalue weighted by molar-refractivity contribution is 5.86. The first kappa shape index (κ1) is 16.5. The lowest BCUT2D eigenvalue weighted by Gasteiger charge is -2.12. The van der Waals surface area contributed by atoms with Crippen molar-refractivity contribution in [3.05, 3.63) is 78.0 Å². The average Bonchev–Trinajstić information content (AvgIpc) is 2.67. The first-order valence-corrected chi connectivity index (χ1v) is 7.73. The standard InChI is InChI=1S/C20H17NO4/c1-24-19-12-15(16-8-5-9-17(21-16)20(22)23)10-11-18(19)25-13-14-6-3-2-4-7-14/h2-12H,13H2,1H3,(H,22,23). The zero-order valence-electron chi connectivity index (χ0n) is 13.7. The van der Waals surface area contributed by atoms with E-state index in [1.165, 1.54) is 6.07 Å². The Balaban J connectivity index is 1.84. The zero-order chi connectivity index (χ0) is 17.6. The number of nitrogens with zero attached hydrogens (tertiary/aromatic N) is 1. The number of carboxylic acid groups (broad SMARTS) is 1. The number of hydrogen-bond acceptors (Lipinski definition) is 4. The van der Waals surface area contributed by atoms with E-state index < -0.39 is 5.97 Å². The van der Waals surface area contributed by atoms with E-state index >= 15 is 0 Å². The fourth-order valence-corrected chi connectivity index (χ4v) is 2.40. The average molecular weight is 335 g/mol. The lowest BCUT2D eigenvalue weighted by atomic mass is 10.1. The van der Waals surface area contributed by atoms with E-state index in [-0.39, 0.29) is 5.69 Å². The third-order valence-corrected chi connectivity index (χ3v) is 3.66. The normalized spacial score (nSPS) is 10.3. The third-order valence-electron chi connectivity index (χ3n) is 3.66. The van der Waals surface area contributed by atoms with Gasteiger partial charge in [0.25, 0.3) is 0 Å². The van der Waals surface area contributed by atoms with Gasteiger partial charge in [-0.2, -0.15) is 0 Å². The summed E-state index contributed by atoms with van der Waals surface area (Å²) in [5, 5.41) is 9.07. The number of ether oxygens (including phenoxy) is 2. The van der Waals surface area contributed by atoms with Crippen molar-refractivity contribution in [3.8, 4) is 22.8 Å². The van der Waals surface area contributed by atoms with Crippen LogP contribution in [0.1, 0.15) is 16.1 Å². The maximum absolute atomic E-state index is 11.1. The fourth-order valence-electron chi connectivity index (χ4n) is 2.40. The van der Waals surface area contributed by atoms with E-state index in [4.69, 9.17) is 14.6 Å². The van der Waals surface area contributed by atoms with Gasteiger partial charge in [-0.05, 0) is 35.9 Å². The van der Waals surface area contributed by atoms with Crippen LogP contribution in [0.4, 0.5) is 0 Å². The van der Waals surface area contributed by atoms with Gasteiger partial charge in [-0.25, -0.2) is 9.78 Å². The highest BCUT2D eigenvalue weighted by Gasteiger charge is 2.10. The number of aromatic carboxylic acids is 1. The summed E-state index contributed by atoms with van der Waals surface area (Å²) in [6.45, 7) is 0.434. The molecule has 0 spiro atoms.